The molecule has 0 bridgehead atoms. The fraction of sp³-hybridized carbons (Fsp3) is 0.350. The number of nitrogens with one attached hydrogen (secondary N) is 1. The highest BCUT2D eigenvalue weighted by atomic mass is 16.3. The summed E-state index contributed by atoms with van der Waals surface area (Å²) in [6.07, 6.45) is 4.10. The molecule has 4 heteroatoms. The van der Waals surface area contributed by atoms with E-state index in [0.29, 0.717) is 0 Å². The minimum absolute atomic E-state index is 0.0378. The van der Waals surface area contributed by atoms with E-state index in [1.54, 1.807) is 6.07 Å². The minimum Gasteiger partial charge on any atom is -0.508 e. The van der Waals surface area contributed by atoms with Gasteiger partial charge >= 0.3 is 0 Å². The van der Waals surface area contributed by atoms with Crippen molar-refractivity contribution >= 4 is 17.3 Å². The second-order valence-corrected chi connectivity index (χ2v) is 6.67. The molecule has 0 spiro atoms. The largest absolute Gasteiger partial charge is 0.508 e. The van der Waals surface area contributed by atoms with Gasteiger partial charge < -0.3 is 15.3 Å². The Kier molecular flexibility index (Phi) is 3.89. The lowest BCUT2D eigenvalue weighted by Gasteiger charge is -2.18. The van der Waals surface area contributed by atoms with E-state index in [9.17, 15) is 9.90 Å². The Hall–Kier alpha value is -2.49. The molecule has 1 heterocycles. The van der Waals surface area contributed by atoms with Crippen LogP contribution in [0.1, 0.15) is 36.3 Å². The van der Waals surface area contributed by atoms with E-state index >= 15 is 0 Å². The van der Waals surface area contributed by atoms with Crippen molar-refractivity contribution in [3.05, 3.63) is 53.6 Å². The summed E-state index contributed by atoms with van der Waals surface area (Å²) in [5.41, 5.74) is 3.91. The molecule has 2 aromatic rings. The van der Waals surface area contributed by atoms with E-state index in [1.165, 1.54) is 18.5 Å². The lowest BCUT2D eigenvalue weighted by molar-refractivity contribution is -0.117. The number of nitrogens with zero attached hydrogens (tertiary/aromatic N) is 1. The van der Waals surface area contributed by atoms with Crippen molar-refractivity contribution in [2.45, 2.75) is 31.6 Å². The Bertz CT molecular complexity index is 749. The number of carbonyl (C=O) groups is 1. The number of hydrogen-bond acceptors (Lipinski definition) is 3. The summed E-state index contributed by atoms with van der Waals surface area (Å²) < 4.78 is 0. The van der Waals surface area contributed by atoms with E-state index in [1.807, 2.05) is 24.3 Å². The quantitative estimate of drug-likeness (QED) is 0.907. The van der Waals surface area contributed by atoms with Crippen LogP contribution in [-0.2, 0) is 11.2 Å². The van der Waals surface area contributed by atoms with Crippen molar-refractivity contribution in [3.8, 4) is 5.75 Å². The number of phenolic OH excluding ortho intramolecular Hbond substituents is 1. The molecule has 24 heavy (non-hydrogen) atoms. The van der Waals surface area contributed by atoms with Crippen molar-refractivity contribution in [1.29, 1.82) is 0 Å². The molecular formula is C20H22N2O2. The van der Waals surface area contributed by atoms with Crippen molar-refractivity contribution in [2.24, 2.45) is 0 Å². The maximum atomic E-state index is 12.6. The molecule has 1 fully saturated rings. The van der Waals surface area contributed by atoms with E-state index in [0.717, 1.165) is 42.7 Å². The Morgan fingerprint density at radius 3 is 2.58 bits per heavy atom. The number of anilines is 2. The smallest absolute Gasteiger partial charge is 0.232 e. The fourth-order valence-corrected chi connectivity index (χ4v) is 3.89. The Labute approximate surface area is 142 Å². The highest BCUT2D eigenvalue weighted by molar-refractivity contribution is 5.97. The lowest BCUT2D eigenvalue weighted by atomic mass is 9.99. The van der Waals surface area contributed by atoms with Crippen LogP contribution < -0.4 is 10.2 Å². The van der Waals surface area contributed by atoms with Crippen LogP contribution in [0.15, 0.2) is 42.5 Å². The van der Waals surface area contributed by atoms with Crippen LogP contribution in [-0.4, -0.2) is 24.1 Å². The molecule has 4 nitrogen and oxygen atoms in total. The summed E-state index contributed by atoms with van der Waals surface area (Å²) in [6, 6.07) is 13.6. The molecule has 1 aliphatic carbocycles. The van der Waals surface area contributed by atoms with Crippen LogP contribution in [0.3, 0.4) is 0 Å². The Balaban J connectivity index is 1.47. The van der Waals surface area contributed by atoms with Crippen molar-refractivity contribution < 1.29 is 9.90 Å². The average Bonchev–Trinajstić information content (AvgIpc) is 3.26. The molecule has 1 atom stereocenters. The summed E-state index contributed by atoms with van der Waals surface area (Å²) in [5, 5.41) is 13.1. The predicted molar refractivity (Wildman–Crippen MR) is 95.7 cm³/mol. The zero-order chi connectivity index (χ0) is 16.5. The van der Waals surface area contributed by atoms with Gasteiger partial charge in [-0.15, -0.1) is 0 Å². The normalized spacial score (nSPS) is 19.3. The van der Waals surface area contributed by atoms with Gasteiger partial charge in [-0.2, -0.15) is 0 Å². The predicted octanol–water partition coefficient (Wildman–Crippen LogP) is 3.66. The number of rotatable bonds is 3. The average molecular weight is 322 g/mol. The first kappa shape index (κ1) is 15.1. The second kappa shape index (κ2) is 6.19. The second-order valence-electron chi connectivity index (χ2n) is 6.67. The first-order chi connectivity index (χ1) is 11.7. The maximum absolute atomic E-state index is 12.6. The third-order valence-corrected chi connectivity index (χ3v) is 5.15. The molecule has 4 rings (SSSR count). The van der Waals surface area contributed by atoms with Gasteiger partial charge in [-0.3, -0.25) is 4.79 Å². The van der Waals surface area contributed by atoms with Crippen LogP contribution >= 0.6 is 0 Å². The number of amides is 1. The first-order valence-corrected chi connectivity index (χ1v) is 8.69. The monoisotopic (exact) mass is 322 g/mol. The number of carbonyl (C=O) groups excluding carboxylic acids is 1. The third kappa shape index (κ3) is 2.73. The van der Waals surface area contributed by atoms with Crippen molar-refractivity contribution in [1.82, 2.24) is 0 Å². The van der Waals surface area contributed by atoms with Crippen LogP contribution in [0.5, 0.6) is 5.75 Å². The Morgan fingerprint density at radius 2 is 1.83 bits per heavy atom. The molecule has 2 aromatic carbocycles. The van der Waals surface area contributed by atoms with Gasteiger partial charge in [0.2, 0.25) is 5.91 Å². The molecule has 0 aromatic heterocycles. The zero-order valence-corrected chi connectivity index (χ0v) is 13.7. The maximum Gasteiger partial charge on any atom is 0.232 e. The molecule has 1 unspecified atom stereocenters. The van der Waals surface area contributed by atoms with Gasteiger partial charge in [0, 0.05) is 30.0 Å². The molecular weight excluding hydrogens is 300 g/mol. The topological polar surface area (TPSA) is 52.6 Å². The number of aryl methyl sites for hydroxylation is 1. The molecule has 1 saturated heterocycles. The minimum atomic E-state index is -0.264. The van der Waals surface area contributed by atoms with Crippen LogP contribution in [0.25, 0.3) is 0 Å². The number of fused-ring (bicyclic) bond motifs is 1. The number of benzene rings is 2. The highest BCUT2D eigenvalue weighted by Gasteiger charge is 2.31. The summed E-state index contributed by atoms with van der Waals surface area (Å²) in [7, 11) is 0. The van der Waals surface area contributed by atoms with Gasteiger partial charge in [0.05, 0.1) is 5.92 Å². The van der Waals surface area contributed by atoms with E-state index < -0.39 is 0 Å². The van der Waals surface area contributed by atoms with Crippen molar-refractivity contribution in [3.63, 3.8) is 0 Å². The lowest BCUT2D eigenvalue weighted by Crippen LogP contribution is -2.20. The van der Waals surface area contributed by atoms with Crippen LogP contribution in [0.4, 0.5) is 11.4 Å². The zero-order valence-electron chi connectivity index (χ0n) is 13.7. The summed E-state index contributed by atoms with van der Waals surface area (Å²) in [5.74, 6) is -0.0711. The summed E-state index contributed by atoms with van der Waals surface area (Å²) in [4.78, 5) is 15.0. The summed E-state index contributed by atoms with van der Waals surface area (Å²) in [6.45, 7) is 2.23. The van der Waals surface area contributed by atoms with Crippen molar-refractivity contribution in [2.75, 3.05) is 23.3 Å². The molecule has 1 amide bonds. The van der Waals surface area contributed by atoms with E-state index in [2.05, 4.69) is 22.3 Å². The highest BCUT2D eigenvalue weighted by Crippen LogP contribution is 2.39. The van der Waals surface area contributed by atoms with Gasteiger partial charge in [0.25, 0.3) is 0 Å². The molecule has 0 radical (unpaired) electrons. The van der Waals surface area contributed by atoms with Crippen LogP contribution in [0, 0.1) is 0 Å². The van der Waals surface area contributed by atoms with Gasteiger partial charge in [-0.05, 0) is 61.6 Å². The number of phenols is 1. The molecule has 124 valence electrons. The van der Waals surface area contributed by atoms with Gasteiger partial charge in [0.15, 0.2) is 0 Å². The molecule has 0 saturated carbocycles. The number of aromatic hydroxyl groups is 1. The van der Waals surface area contributed by atoms with Crippen LogP contribution in [0.2, 0.25) is 0 Å². The molecule has 2 N–H and O–H groups in total. The van der Waals surface area contributed by atoms with E-state index in [4.69, 9.17) is 0 Å². The van der Waals surface area contributed by atoms with Gasteiger partial charge in [-0.25, -0.2) is 0 Å². The summed E-state index contributed by atoms with van der Waals surface area (Å²) >= 11 is 0. The molecule has 1 aliphatic heterocycles. The SMILES string of the molecule is O=C(Nc1ccc(N2CCCC2)cc1)C1CCc2cccc(O)c21. The van der Waals surface area contributed by atoms with Gasteiger partial charge in [-0.1, -0.05) is 12.1 Å². The van der Waals surface area contributed by atoms with Gasteiger partial charge in [0.1, 0.15) is 5.75 Å². The fourth-order valence-electron chi connectivity index (χ4n) is 3.89. The Morgan fingerprint density at radius 1 is 1.08 bits per heavy atom. The van der Waals surface area contributed by atoms with E-state index in [-0.39, 0.29) is 17.6 Å². The standard InChI is InChI=1S/C20H22N2O2/c23-18-5-3-4-14-6-11-17(19(14)18)20(24)21-15-7-9-16(10-8-15)22-12-1-2-13-22/h3-5,7-10,17,23H,1-2,6,11-13H2,(H,21,24). The number of hydrogen-bond donors (Lipinski definition) is 2. The first-order valence-electron chi connectivity index (χ1n) is 8.69. The molecule has 2 aliphatic rings. The third-order valence-electron chi connectivity index (χ3n) is 5.15.